The quantitative estimate of drug-likeness (QED) is 0.726. The van der Waals surface area contributed by atoms with E-state index in [1.54, 1.807) is 12.0 Å². The second-order valence-corrected chi connectivity index (χ2v) is 5.75. The Balaban J connectivity index is 1.95. The van der Waals surface area contributed by atoms with Crippen LogP contribution in [0.5, 0.6) is 0 Å². The van der Waals surface area contributed by atoms with E-state index in [0.717, 1.165) is 17.8 Å². The van der Waals surface area contributed by atoms with Gasteiger partial charge in [-0.25, -0.2) is 9.78 Å². The zero-order valence-electron chi connectivity index (χ0n) is 14.5. The van der Waals surface area contributed by atoms with E-state index in [2.05, 4.69) is 32.6 Å². The van der Waals surface area contributed by atoms with Gasteiger partial charge in [-0.15, -0.1) is 0 Å². The maximum absolute atomic E-state index is 12.5. The Hall–Kier alpha value is -2.41. The third-order valence-corrected chi connectivity index (χ3v) is 3.60. The lowest BCUT2D eigenvalue weighted by Crippen LogP contribution is -2.40. The summed E-state index contributed by atoms with van der Waals surface area (Å²) in [5, 5.41) is 9.66. The zero-order chi connectivity index (χ0) is 17.4. The number of hydrogen-bond acceptors (Lipinski definition) is 4. The molecule has 24 heavy (non-hydrogen) atoms. The number of aromatic nitrogens is 3. The first-order valence-electron chi connectivity index (χ1n) is 8.03. The van der Waals surface area contributed by atoms with E-state index in [1.165, 1.54) is 5.56 Å². The molecule has 2 aromatic rings. The molecule has 2 rings (SSSR count). The van der Waals surface area contributed by atoms with Crippen molar-refractivity contribution in [3.05, 3.63) is 47.0 Å². The van der Waals surface area contributed by atoms with Crippen molar-refractivity contribution in [1.29, 1.82) is 0 Å². The van der Waals surface area contributed by atoms with Crippen LogP contribution in [0.3, 0.4) is 0 Å². The minimum Gasteiger partial charge on any atom is -0.385 e. The van der Waals surface area contributed by atoms with Crippen LogP contribution in [-0.2, 0) is 17.8 Å². The Morgan fingerprint density at radius 2 is 2.04 bits per heavy atom. The van der Waals surface area contributed by atoms with Crippen molar-refractivity contribution in [3.8, 4) is 0 Å². The lowest BCUT2D eigenvalue weighted by Gasteiger charge is -2.23. The average Bonchev–Trinajstić information content (AvgIpc) is 2.99. The van der Waals surface area contributed by atoms with Gasteiger partial charge in [-0.3, -0.25) is 5.10 Å². The van der Waals surface area contributed by atoms with Crippen molar-refractivity contribution in [3.63, 3.8) is 0 Å². The normalized spacial score (nSPS) is 10.6. The second-order valence-electron chi connectivity index (χ2n) is 5.75. The average molecular weight is 331 g/mol. The van der Waals surface area contributed by atoms with Gasteiger partial charge in [-0.1, -0.05) is 29.8 Å². The number of amides is 2. The minimum absolute atomic E-state index is 0.130. The first-order chi connectivity index (χ1) is 11.6. The number of aryl methyl sites for hydroxylation is 2. The number of benzene rings is 1. The van der Waals surface area contributed by atoms with Gasteiger partial charge in [0.25, 0.3) is 0 Å². The maximum Gasteiger partial charge on any atom is 0.318 e. The molecular weight excluding hydrogens is 306 g/mol. The molecule has 2 amide bonds. The third kappa shape index (κ3) is 5.66. The van der Waals surface area contributed by atoms with Crippen molar-refractivity contribution in [2.45, 2.75) is 33.4 Å². The fourth-order valence-electron chi connectivity index (χ4n) is 2.30. The lowest BCUT2D eigenvalue weighted by atomic mass is 10.1. The van der Waals surface area contributed by atoms with Crippen LogP contribution in [0.4, 0.5) is 4.79 Å². The summed E-state index contributed by atoms with van der Waals surface area (Å²) < 4.78 is 5.09. The zero-order valence-corrected chi connectivity index (χ0v) is 14.5. The smallest absolute Gasteiger partial charge is 0.318 e. The number of hydrogen-bond donors (Lipinski definition) is 2. The monoisotopic (exact) mass is 331 g/mol. The first-order valence-corrected chi connectivity index (χ1v) is 8.03. The number of carbonyl (C=O) groups is 1. The molecule has 7 nitrogen and oxygen atoms in total. The van der Waals surface area contributed by atoms with Crippen molar-refractivity contribution in [2.75, 3.05) is 20.3 Å². The minimum atomic E-state index is -0.130. The van der Waals surface area contributed by atoms with Gasteiger partial charge in [-0.2, -0.15) is 5.10 Å². The second kappa shape index (κ2) is 9.02. The van der Waals surface area contributed by atoms with E-state index in [-0.39, 0.29) is 6.03 Å². The van der Waals surface area contributed by atoms with Gasteiger partial charge in [0.1, 0.15) is 5.82 Å². The Bertz CT molecular complexity index is 639. The van der Waals surface area contributed by atoms with Gasteiger partial charge < -0.3 is 15.0 Å². The molecule has 0 fully saturated rings. The van der Waals surface area contributed by atoms with Gasteiger partial charge in [0.05, 0.1) is 6.54 Å². The predicted molar refractivity (Wildman–Crippen MR) is 91.4 cm³/mol. The summed E-state index contributed by atoms with van der Waals surface area (Å²) in [6.45, 7) is 5.98. The van der Waals surface area contributed by atoms with Crippen LogP contribution in [0.25, 0.3) is 0 Å². The van der Waals surface area contributed by atoms with Crippen LogP contribution in [0, 0.1) is 13.8 Å². The number of urea groups is 1. The molecule has 130 valence electrons. The SMILES string of the molecule is COCCCN(Cc1ccc(C)cc1)C(=O)NCc1n[nH]c(C)n1. The third-order valence-electron chi connectivity index (χ3n) is 3.60. The van der Waals surface area contributed by atoms with Crippen molar-refractivity contribution >= 4 is 6.03 Å². The summed E-state index contributed by atoms with van der Waals surface area (Å²) in [4.78, 5) is 18.5. The first kappa shape index (κ1) is 17.9. The van der Waals surface area contributed by atoms with E-state index in [0.29, 0.717) is 32.1 Å². The molecule has 0 bridgehead atoms. The molecule has 2 N–H and O–H groups in total. The number of nitrogens with zero attached hydrogens (tertiary/aromatic N) is 3. The fourth-order valence-corrected chi connectivity index (χ4v) is 2.30. The Morgan fingerprint density at radius 1 is 1.29 bits per heavy atom. The van der Waals surface area contributed by atoms with Gasteiger partial charge in [0.15, 0.2) is 5.82 Å². The number of nitrogens with one attached hydrogen (secondary N) is 2. The molecule has 0 saturated carbocycles. The predicted octanol–water partition coefficient (Wildman–Crippen LogP) is 2.17. The highest BCUT2D eigenvalue weighted by atomic mass is 16.5. The van der Waals surface area contributed by atoms with Gasteiger partial charge in [0, 0.05) is 26.8 Å². The Morgan fingerprint density at radius 3 is 2.67 bits per heavy atom. The van der Waals surface area contributed by atoms with Gasteiger partial charge in [0.2, 0.25) is 0 Å². The highest BCUT2D eigenvalue weighted by Gasteiger charge is 2.14. The fraction of sp³-hybridized carbons (Fsp3) is 0.471. The molecule has 0 atom stereocenters. The molecule has 0 unspecified atom stereocenters. The van der Waals surface area contributed by atoms with Gasteiger partial charge in [-0.05, 0) is 25.8 Å². The molecule has 1 aromatic carbocycles. The van der Waals surface area contributed by atoms with Crippen LogP contribution < -0.4 is 5.32 Å². The van der Waals surface area contributed by atoms with Crippen LogP contribution in [-0.4, -0.2) is 46.4 Å². The van der Waals surface area contributed by atoms with E-state index < -0.39 is 0 Å². The summed E-state index contributed by atoms with van der Waals surface area (Å²) in [6, 6.07) is 8.07. The van der Waals surface area contributed by atoms with Crippen molar-refractivity contribution in [2.24, 2.45) is 0 Å². The number of rotatable bonds is 8. The van der Waals surface area contributed by atoms with E-state index >= 15 is 0 Å². The van der Waals surface area contributed by atoms with Crippen molar-refractivity contribution in [1.82, 2.24) is 25.4 Å². The topological polar surface area (TPSA) is 83.1 Å². The molecule has 0 aliphatic rings. The highest BCUT2D eigenvalue weighted by molar-refractivity contribution is 5.74. The van der Waals surface area contributed by atoms with Crippen LogP contribution in [0.2, 0.25) is 0 Å². The van der Waals surface area contributed by atoms with Crippen LogP contribution in [0.1, 0.15) is 29.2 Å². The number of aromatic amines is 1. The van der Waals surface area contributed by atoms with E-state index in [4.69, 9.17) is 4.74 Å². The summed E-state index contributed by atoms with van der Waals surface area (Å²) in [5.41, 5.74) is 2.30. The van der Waals surface area contributed by atoms with Gasteiger partial charge >= 0.3 is 6.03 Å². The van der Waals surface area contributed by atoms with Crippen LogP contribution >= 0.6 is 0 Å². The van der Waals surface area contributed by atoms with E-state index in [1.807, 2.05) is 26.0 Å². The standard InChI is InChI=1S/C17H25N5O2/c1-13-5-7-15(8-6-13)12-22(9-4-10-24-3)17(23)18-11-16-19-14(2)20-21-16/h5-8H,4,9-12H2,1-3H3,(H,18,23)(H,19,20,21). The number of carbonyl (C=O) groups excluding carboxylic acids is 1. The number of H-pyrrole nitrogens is 1. The number of ether oxygens (including phenoxy) is 1. The maximum atomic E-state index is 12.5. The van der Waals surface area contributed by atoms with E-state index in [9.17, 15) is 4.79 Å². The number of methoxy groups -OCH3 is 1. The molecule has 1 heterocycles. The molecule has 0 spiro atoms. The Kier molecular flexibility index (Phi) is 6.74. The van der Waals surface area contributed by atoms with Crippen molar-refractivity contribution < 1.29 is 9.53 Å². The molecule has 7 heteroatoms. The molecule has 0 aliphatic heterocycles. The van der Waals surface area contributed by atoms with Crippen LogP contribution in [0.15, 0.2) is 24.3 Å². The highest BCUT2D eigenvalue weighted by Crippen LogP contribution is 2.08. The largest absolute Gasteiger partial charge is 0.385 e. The molecule has 0 saturated heterocycles. The molecule has 1 aromatic heterocycles. The molecule has 0 radical (unpaired) electrons. The summed E-state index contributed by atoms with van der Waals surface area (Å²) >= 11 is 0. The Labute approximate surface area is 142 Å². The molecular formula is C17H25N5O2. The summed E-state index contributed by atoms with van der Waals surface area (Å²) in [5.74, 6) is 1.31. The summed E-state index contributed by atoms with van der Waals surface area (Å²) in [7, 11) is 1.66. The summed E-state index contributed by atoms with van der Waals surface area (Å²) in [6.07, 6.45) is 0.787. The lowest BCUT2D eigenvalue weighted by molar-refractivity contribution is 0.165. The molecule has 0 aliphatic carbocycles.